The molecule has 1 heterocycles. The molecule has 0 unspecified atom stereocenters. The van der Waals surface area contributed by atoms with E-state index in [-0.39, 0.29) is 10.4 Å². The molecule has 1 aromatic carbocycles. The summed E-state index contributed by atoms with van der Waals surface area (Å²) in [5, 5.41) is 3.06. The molecule has 0 amide bonds. The van der Waals surface area contributed by atoms with Gasteiger partial charge in [-0.2, -0.15) is 13.2 Å². The van der Waals surface area contributed by atoms with Gasteiger partial charge in [0.25, 0.3) is 0 Å². The maximum atomic E-state index is 13.0. The second-order valence-corrected chi connectivity index (χ2v) is 6.89. The third-order valence-electron chi connectivity index (χ3n) is 4.01. The van der Waals surface area contributed by atoms with Gasteiger partial charge in [0.1, 0.15) is 0 Å². The number of thioether (sulfide) groups is 1. The Hall–Kier alpha value is -0.840. The van der Waals surface area contributed by atoms with Crippen LogP contribution >= 0.6 is 11.8 Å². The molecular formula is C14H16F3NS. The maximum absolute atomic E-state index is 13.0. The number of benzene rings is 1. The quantitative estimate of drug-likeness (QED) is 0.726. The minimum Gasteiger partial charge on any atom is -0.382 e. The first-order valence-corrected chi connectivity index (χ1v) is 7.45. The Bertz CT molecular complexity index is 478. The Morgan fingerprint density at radius 1 is 1.11 bits per heavy atom. The molecule has 1 aliphatic heterocycles. The molecule has 0 atom stereocenters. The first kappa shape index (κ1) is 13.2. The number of alkyl halides is 3. The van der Waals surface area contributed by atoms with Crippen molar-refractivity contribution in [3.8, 4) is 0 Å². The average Bonchev–Trinajstić information content (AvgIpc) is 2.37. The maximum Gasteiger partial charge on any atom is 0.418 e. The molecule has 19 heavy (non-hydrogen) atoms. The normalized spacial score (nSPS) is 21.8. The largest absolute Gasteiger partial charge is 0.418 e. The van der Waals surface area contributed by atoms with Crippen LogP contribution in [0.3, 0.4) is 0 Å². The smallest absolute Gasteiger partial charge is 0.382 e. The topological polar surface area (TPSA) is 12.0 Å². The number of halogens is 3. The Morgan fingerprint density at radius 2 is 1.84 bits per heavy atom. The zero-order valence-corrected chi connectivity index (χ0v) is 11.3. The van der Waals surface area contributed by atoms with E-state index in [1.807, 2.05) is 0 Å². The van der Waals surface area contributed by atoms with Crippen LogP contribution in [0.5, 0.6) is 0 Å². The van der Waals surface area contributed by atoms with Crippen molar-refractivity contribution in [3.63, 3.8) is 0 Å². The van der Waals surface area contributed by atoms with Crippen LogP contribution in [0.25, 0.3) is 0 Å². The lowest BCUT2D eigenvalue weighted by molar-refractivity contribution is -0.137. The summed E-state index contributed by atoms with van der Waals surface area (Å²) in [5.41, 5.74) is -0.264. The van der Waals surface area contributed by atoms with Gasteiger partial charge in [-0.3, -0.25) is 0 Å². The van der Waals surface area contributed by atoms with Crippen LogP contribution in [0.15, 0.2) is 23.1 Å². The van der Waals surface area contributed by atoms with Gasteiger partial charge in [0, 0.05) is 16.2 Å². The van der Waals surface area contributed by atoms with Crippen molar-refractivity contribution in [1.82, 2.24) is 0 Å². The van der Waals surface area contributed by atoms with Crippen LogP contribution in [0.4, 0.5) is 18.9 Å². The fourth-order valence-corrected chi connectivity index (χ4v) is 4.56. The van der Waals surface area contributed by atoms with Gasteiger partial charge in [-0.05, 0) is 25.0 Å². The number of fused-ring (bicyclic) bond motifs is 1. The third-order valence-corrected chi connectivity index (χ3v) is 5.56. The van der Waals surface area contributed by atoms with Crippen molar-refractivity contribution in [2.45, 2.75) is 47.9 Å². The van der Waals surface area contributed by atoms with Crippen molar-refractivity contribution in [3.05, 3.63) is 23.8 Å². The Balaban J connectivity index is 1.94. The fourth-order valence-electron chi connectivity index (χ4n) is 3.03. The highest BCUT2D eigenvalue weighted by molar-refractivity contribution is 8.01. The standard InChI is InChI=1S/C14H16F3NS/c15-14(16,17)10-5-4-6-11-12(10)18-9-13(19-11)7-2-1-3-8-13/h4-6,18H,1-3,7-9H2. The van der Waals surface area contributed by atoms with Gasteiger partial charge in [-0.1, -0.05) is 25.3 Å². The highest BCUT2D eigenvalue weighted by Crippen LogP contribution is 2.51. The lowest BCUT2D eigenvalue weighted by atomic mass is 9.88. The van der Waals surface area contributed by atoms with Crippen molar-refractivity contribution < 1.29 is 13.2 Å². The van der Waals surface area contributed by atoms with Gasteiger partial charge >= 0.3 is 6.18 Å². The predicted molar refractivity (Wildman–Crippen MR) is 71.6 cm³/mol. The molecule has 2 aliphatic rings. The van der Waals surface area contributed by atoms with E-state index in [2.05, 4.69) is 5.32 Å². The van der Waals surface area contributed by atoms with Gasteiger partial charge in [-0.15, -0.1) is 11.8 Å². The van der Waals surface area contributed by atoms with Gasteiger partial charge in [0.15, 0.2) is 0 Å². The number of nitrogens with one attached hydrogen (secondary N) is 1. The monoisotopic (exact) mass is 287 g/mol. The van der Waals surface area contributed by atoms with Crippen LogP contribution in [0.1, 0.15) is 37.7 Å². The van der Waals surface area contributed by atoms with E-state index in [0.29, 0.717) is 6.54 Å². The zero-order chi connectivity index (χ0) is 13.5. The van der Waals surface area contributed by atoms with Crippen molar-refractivity contribution in [2.75, 3.05) is 11.9 Å². The highest BCUT2D eigenvalue weighted by Gasteiger charge is 2.41. The van der Waals surface area contributed by atoms with E-state index >= 15 is 0 Å². The van der Waals surface area contributed by atoms with Crippen molar-refractivity contribution in [2.24, 2.45) is 0 Å². The van der Waals surface area contributed by atoms with E-state index < -0.39 is 11.7 Å². The summed E-state index contributed by atoms with van der Waals surface area (Å²) in [5.74, 6) is 0. The third kappa shape index (κ3) is 2.45. The SMILES string of the molecule is FC(F)(F)c1cccc2c1NCC1(CCCCC1)S2. The minimum absolute atomic E-state index is 0.107. The number of rotatable bonds is 0. The molecule has 1 nitrogen and oxygen atoms in total. The lowest BCUT2D eigenvalue weighted by Gasteiger charge is -2.41. The Labute approximate surface area is 115 Å². The first-order chi connectivity index (χ1) is 9.00. The van der Waals surface area contributed by atoms with Crippen LogP contribution in [-0.2, 0) is 6.18 Å². The van der Waals surface area contributed by atoms with E-state index in [1.165, 1.54) is 25.3 Å². The Morgan fingerprint density at radius 3 is 2.53 bits per heavy atom. The number of anilines is 1. The van der Waals surface area contributed by atoms with E-state index in [1.54, 1.807) is 17.8 Å². The molecule has 1 aliphatic carbocycles. The van der Waals surface area contributed by atoms with Crippen molar-refractivity contribution >= 4 is 17.4 Å². The summed E-state index contributed by atoms with van der Waals surface area (Å²) >= 11 is 1.65. The highest BCUT2D eigenvalue weighted by atomic mass is 32.2. The molecule has 1 fully saturated rings. The molecule has 0 aromatic heterocycles. The second-order valence-electron chi connectivity index (χ2n) is 5.38. The summed E-state index contributed by atoms with van der Waals surface area (Å²) in [6.45, 7) is 0.651. The van der Waals surface area contributed by atoms with Crippen molar-refractivity contribution in [1.29, 1.82) is 0 Å². The van der Waals surface area contributed by atoms with Crippen LogP contribution in [0, 0.1) is 0 Å². The van der Waals surface area contributed by atoms with Gasteiger partial charge < -0.3 is 5.32 Å². The zero-order valence-electron chi connectivity index (χ0n) is 10.5. The fraction of sp³-hybridized carbons (Fsp3) is 0.571. The number of hydrogen-bond acceptors (Lipinski definition) is 2. The summed E-state index contributed by atoms with van der Waals surface area (Å²) in [4.78, 5) is 0.753. The van der Waals surface area contributed by atoms with Gasteiger partial charge in [0.2, 0.25) is 0 Å². The van der Waals surface area contributed by atoms with Crippen LogP contribution < -0.4 is 5.32 Å². The molecule has 5 heteroatoms. The predicted octanol–water partition coefficient (Wildman–Crippen LogP) is 4.93. The summed E-state index contributed by atoms with van der Waals surface area (Å²) in [6, 6.07) is 4.47. The molecule has 1 aromatic rings. The Kier molecular flexibility index (Phi) is 3.20. The molecule has 3 rings (SSSR count). The van der Waals surface area contributed by atoms with Crippen LogP contribution in [-0.4, -0.2) is 11.3 Å². The molecular weight excluding hydrogens is 271 g/mol. The van der Waals surface area contributed by atoms with E-state index in [9.17, 15) is 13.2 Å². The molecule has 0 saturated heterocycles. The second kappa shape index (κ2) is 4.62. The minimum atomic E-state index is -4.28. The number of hydrogen-bond donors (Lipinski definition) is 1. The average molecular weight is 287 g/mol. The van der Waals surface area contributed by atoms with E-state index in [4.69, 9.17) is 0 Å². The van der Waals surface area contributed by atoms with Gasteiger partial charge in [-0.25, -0.2) is 0 Å². The molecule has 1 N–H and O–H groups in total. The number of para-hydroxylation sites is 1. The molecule has 0 bridgehead atoms. The first-order valence-electron chi connectivity index (χ1n) is 6.63. The summed E-state index contributed by atoms with van der Waals surface area (Å²) < 4.78 is 39.0. The molecule has 0 radical (unpaired) electrons. The lowest BCUT2D eigenvalue weighted by Crippen LogP contribution is -2.39. The van der Waals surface area contributed by atoms with Crippen LogP contribution in [0.2, 0.25) is 0 Å². The molecule has 1 spiro atoms. The summed E-state index contributed by atoms with van der Waals surface area (Å²) in [7, 11) is 0. The van der Waals surface area contributed by atoms with Gasteiger partial charge in [0.05, 0.1) is 11.3 Å². The van der Waals surface area contributed by atoms with E-state index in [0.717, 1.165) is 23.8 Å². The molecule has 104 valence electrons. The summed E-state index contributed by atoms with van der Waals surface area (Å²) in [6.07, 6.45) is 1.53. The molecule has 1 saturated carbocycles.